The Morgan fingerprint density at radius 1 is 1.35 bits per heavy atom. The minimum Gasteiger partial charge on any atom is -0.458 e. The van der Waals surface area contributed by atoms with Crippen LogP contribution in [0, 0.1) is 5.92 Å². The van der Waals surface area contributed by atoms with E-state index in [-0.39, 0.29) is 11.9 Å². The lowest BCUT2D eigenvalue weighted by atomic mass is 9.94. The van der Waals surface area contributed by atoms with Crippen LogP contribution in [-0.2, 0) is 20.9 Å². The molecule has 2 heterocycles. The molecule has 3 rings (SSSR count). The monoisotopic (exact) mass is 335 g/mol. The van der Waals surface area contributed by atoms with Crippen molar-refractivity contribution < 1.29 is 14.4 Å². The predicted octanol–water partition coefficient (Wildman–Crippen LogP) is 3.27. The Kier molecular flexibility index (Phi) is 4.99. The van der Waals surface area contributed by atoms with Gasteiger partial charge in [0.2, 0.25) is 0 Å². The molecule has 0 aromatic heterocycles. The van der Waals surface area contributed by atoms with Gasteiger partial charge in [-0.2, -0.15) is 16.8 Å². The Hall–Kier alpha value is -1.04. The van der Waals surface area contributed by atoms with Crippen molar-refractivity contribution >= 4 is 17.7 Å². The molecular weight excluding hydrogens is 310 g/mol. The van der Waals surface area contributed by atoms with Gasteiger partial charge in [0.05, 0.1) is 0 Å². The van der Waals surface area contributed by atoms with Crippen molar-refractivity contribution in [2.45, 2.75) is 51.5 Å². The van der Waals surface area contributed by atoms with Gasteiger partial charge in [-0.1, -0.05) is 30.3 Å². The van der Waals surface area contributed by atoms with Gasteiger partial charge < -0.3 is 4.74 Å². The number of hydroxylamine groups is 2. The SMILES string of the molecule is CC(C)(C)OC(=O)[C@H]1ON(Cc2ccccc2)[C@@H]2CCSC[C@H]12. The summed E-state index contributed by atoms with van der Waals surface area (Å²) < 4.78 is 5.57. The van der Waals surface area contributed by atoms with Crippen molar-refractivity contribution in [3.63, 3.8) is 0 Å². The molecule has 2 saturated heterocycles. The number of fused-ring (bicyclic) bond motifs is 1. The van der Waals surface area contributed by atoms with E-state index >= 15 is 0 Å². The summed E-state index contributed by atoms with van der Waals surface area (Å²) >= 11 is 1.90. The fourth-order valence-electron chi connectivity index (χ4n) is 3.19. The lowest BCUT2D eigenvalue weighted by molar-refractivity contribution is -0.200. The molecule has 23 heavy (non-hydrogen) atoms. The zero-order valence-electron chi connectivity index (χ0n) is 14.0. The van der Waals surface area contributed by atoms with Crippen LogP contribution >= 0.6 is 11.8 Å². The van der Waals surface area contributed by atoms with Gasteiger partial charge in [0.1, 0.15) is 5.60 Å². The summed E-state index contributed by atoms with van der Waals surface area (Å²) in [7, 11) is 0. The second-order valence-corrected chi connectivity index (χ2v) is 8.36. The summed E-state index contributed by atoms with van der Waals surface area (Å²) in [6, 6.07) is 10.6. The highest BCUT2D eigenvalue weighted by molar-refractivity contribution is 7.99. The van der Waals surface area contributed by atoms with E-state index in [1.807, 2.05) is 55.8 Å². The van der Waals surface area contributed by atoms with Gasteiger partial charge in [0.15, 0.2) is 6.10 Å². The third kappa shape index (κ3) is 4.08. The van der Waals surface area contributed by atoms with Crippen LogP contribution in [0.1, 0.15) is 32.8 Å². The Morgan fingerprint density at radius 2 is 2.09 bits per heavy atom. The summed E-state index contributed by atoms with van der Waals surface area (Å²) in [5.41, 5.74) is 0.722. The first-order valence-electron chi connectivity index (χ1n) is 8.22. The van der Waals surface area contributed by atoms with E-state index in [0.29, 0.717) is 12.6 Å². The zero-order valence-corrected chi connectivity index (χ0v) is 14.8. The van der Waals surface area contributed by atoms with Crippen LogP contribution in [0.3, 0.4) is 0 Å². The third-order valence-corrected chi connectivity index (χ3v) is 5.34. The first-order chi connectivity index (χ1) is 10.9. The van der Waals surface area contributed by atoms with Gasteiger partial charge in [-0.15, -0.1) is 0 Å². The van der Waals surface area contributed by atoms with E-state index in [1.165, 1.54) is 5.56 Å². The number of carbonyl (C=O) groups is 1. The molecule has 0 bridgehead atoms. The third-order valence-electron chi connectivity index (χ3n) is 4.19. The van der Waals surface area contributed by atoms with Crippen LogP contribution in [0.25, 0.3) is 0 Å². The van der Waals surface area contributed by atoms with Crippen molar-refractivity contribution in [2.24, 2.45) is 5.92 Å². The highest BCUT2D eigenvalue weighted by Crippen LogP contribution is 2.38. The normalized spacial score (nSPS) is 28.4. The minimum atomic E-state index is -0.482. The maximum atomic E-state index is 12.5. The summed E-state index contributed by atoms with van der Waals surface area (Å²) in [6.45, 7) is 6.41. The lowest BCUT2D eigenvalue weighted by Gasteiger charge is -2.29. The van der Waals surface area contributed by atoms with Crippen molar-refractivity contribution in [2.75, 3.05) is 11.5 Å². The van der Waals surface area contributed by atoms with E-state index in [9.17, 15) is 4.79 Å². The van der Waals surface area contributed by atoms with Gasteiger partial charge in [-0.3, -0.25) is 4.84 Å². The molecule has 2 aliphatic rings. The zero-order chi connectivity index (χ0) is 16.4. The van der Waals surface area contributed by atoms with E-state index in [2.05, 4.69) is 12.1 Å². The van der Waals surface area contributed by atoms with Gasteiger partial charge in [-0.25, -0.2) is 4.79 Å². The summed E-state index contributed by atoms with van der Waals surface area (Å²) in [6.07, 6.45) is 0.581. The van der Waals surface area contributed by atoms with Crippen LogP contribution in [0.5, 0.6) is 0 Å². The number of thioether (sulfide) groups is 1. The number of hydrogen-bond donors (Lipinski definition) is 0. The van der Waals surface area contributed by atoms with Gasteiger partial charge >= 0.3 is 5.97 Å². The molecule has 0 saturated carbocycles. The molecule has 2 fully saturated rings. The van der Waals surface area contributed by atoms with Gasteiger partial charge in [0.25, 0.3) is 0 Å². The average Bonchev–Trinajstić information content (AvgIpc) is 2.86. The molecule has 1 aromatic rings. The van der Waals surface area contributed by atoms with Crippen LogP contribution in [0.2, 0.25) is 0 Å². The van der Waals surface area contributed by atoms with Gasteiger partial charge in [0, 0.05) is 24.3 Å². The molecule has 0 aliphatic carbocycles. The second-order valence-electron chi connectivity index (χ2n) is 7.22. The fraction of sp³-hybridized carbons (Fsp3) is 0.611. The highest BCUT2D eigenvalue weighted by Gasteiger charge is 2.49. The molecule has 0 N–H and O–H groups in total. The maximum absolute atomic E-state index is 12.5. The van der Waals surface area contributed by atoms with Crippen molar-refractivity contribution in [3.05, 3.63) is 35.9 Å². The fourth-order valence-corrected chi connectivity index (χ4v) is 4.44. The molecule has 0 spiro atoms. The molecule has 2 aliphatic heterocycles. The molecular formula is C18H25NO3S. The number of nitrogens with zero attached hydrogens (tertiary/aromatic N) is 1. The molecule has 3 atom stereocenters. The second kappa shape index (κ2) is 6.83. The standard InChI is InChI=1S/C18H25NO3S/c1-18(2,3)21-17(20)16-14-12-23-10-9-15(14)19(22-16)11-13-7-5-4-6-8-13/h4-8,14-16H,9-12H2,1-3H3/t14-,15+,16-/m0/s1. The maximum Gasteiger partial charge on any atom is 0.338 e. The van der Waals surface area contributed by atoms with E-state index in [0.717, 1.165) is 17.9 Å². The largest absolute Gasteiger partial charge is 0.458 e. The highest BCUT2D eigenvalue weighted by atomic mass is 32.2. The Balaban J connectivity index is 1.73. The number of ether oxygens (including phenoxy) is 1. The average molecular weight is 335 g/mol. The molecule has 4 nitrogen and oxygen atoms in total. The molecule has 0 unspecified atom stereocenters. The quantitative estimate of drug-likeness (QED) is 0.793. The first-order valence-corrected chi connectivity index (χ1v) is 9.37. The smallest absolute Gasteiger partial charge is 0.338 e. The molecule has 0 amide bonds. The summed E-state index contributed by atoms with van der Waals surface area (Å²) in [5.74, 6) is 2.06. The number of carbonyl (C=O) groups excluding carboxylic acids is 1. The number of esters is 1. The lowest BCUT2D eigenvalue weighted by Crippen LogP contribution is -2.40. The van der Waals surface area contributed by atoms with Crippen LogP contribution < -0.4 is 0 Å². The molecule has 126 valence electrons. The van der Waals surface area contributed by atoms with Crippen LogP contribution in [0.4, 0.5) is 0 Å². The number of benzene rings is 1. The van der Waals surface area contributed by atoms with E-state index < -0.39 is 11.7 Å². The molecule has 0 radical (unpaired) electrons. The van der Waals surface area contributed by atoms with Crippen LogP contribution in [-0.4, -0.2) is 40.3 Å². The van der Waals surface area contributed by atoms with Crippen molar-refractivity contribution in [1.29, 1.82) is 0 Å². The van der Waals surface area contributed by atoms with Crippen molar-refractivity contribution in [3.8, 4) is 0 Å². The Morgan fingerprint density at radius 3 is 2.78 bits per heavy atom. The predicted molar refractivity (Wildman–Crippen MR) is 91.9 cm³/mol. The topological polar surface area (TPSA) is 38.8 Å². The minimum absolute atomic E-state index is 0.215. The van der Waals surface area contributed by atoms with E-state index in [4.69, 9.17) is 9.57 Å². The number of rotatable bonds is 3. The Bertz CT molecular complexity index is 543. The van der Waals surface area contributed by atoms with Crippen LogP contribution in [0.15, 0.2) is 30.3 Å². The van der Waals surface area contributed by atoms with Crippen molar-refractivity contribution in [1.82, 2.24) is 5.06 Å². The van der Waals surface area contributed by atoms with Gasteiger partial charge in [-0.05, 0) is 38.5 Å². The first kappa shape index (κ1) is 16.8. The summed E-state index contributed by atoms with van der Waals surface area (Å²) in [4.78, 5) is 18.6. The summed E-state index contributed by atoms with van der Waals surface area (Å²) in [5, 5.41) is 2.01. The number of hydrogen-bond acceptors (Lipinski definition) is 5. The van der Waals surface area contributed by atoms with E-state index in [1.54, 1.807) is 0 Å². The molecule has 1 aromatic carbocycles. The Labute approximate surface area is 142 Å². The molecule has 5 heteroatoms.